The van der Waals surface area contributed by atoms with Crippen molar-refractivity contribution in [3.63, 3.8) is 0 Å². The molecule has 144 valence electrons. The van der Waals surface area contributed by atoms with E-state index in [0.717, 1.165) is 12.8 Å². The van der Waals surface area contributed by atoms with E-state index >= 15 is 0 Å². The molecule has 0 N–H and O–H groups in total. The molecule has 0 aliphatic rings. The molecule has 27 heavy (non-hydrogen) atoms. The highest BCUT2D eigenvalue weighted by Crippen LogP contribution is 2.45. The van der Waals surface area contributed by atoms with E-state index in [-0.39, 0.29) is 12.0 Å². The summed E-state index contributed by atoms with van der Waals surface area (Å²) in [7, 11) is -3.14. The Morgan fingerprint density at radius 1 is 1.15 bits per heavy atom. The molecule has 2 aromatic carbocycles. The summed E-state index contributed by atoms with van der Waals surface area (Å²) in [6, 6.07) is 15.9. The topological polar surface area (TPSA) is 78.7 Å². The Labute approximate surface area is 159 Å². The monoisotopic (exact) mass is 389 g/mol. The van der Waals surface area contributed by atoms with Crippen LogP contribution in [0.2, 0.25) is 0 Å². The molecule has 0 heterocycles. The predicted octanol–water partition coefficient (Wildman–Crippen LogP) is 5.08. The quantitative estimate of drug-likeness (QED) is 0.245. The second-order valence-corrected chi connectivity index (χ2v) is 8.46. The van der Waals surface area contributed by atoms with Gasteiger partial charge in [0.2, 0.25) is 5.70 Å². The van der Waals surface area contributed by atoms with Crippen LogP contribution in [0.15, 0.2) is 60.3 Å². The van der Waals surface area contributed by atoms with E-state index in [9.17, 15) is 14.7 Å². The van der Waals surface area contributed by atoms with Gasteiger partial charge in [0.25, 0.3) is 7.37 Å². The van der Waals surface area contributed by atoms with Crippen LogP contribution in [0.5, 0.6) is 5.75 Å². The van der Waals surface area contributed by atoms with Crippen LogP contribution in [-0.4, -0.2) is 17.9 Å². The van der Waals surface area contributed by atoms with E-state index < -0.39 is 12.3 Å². The molecule has 2 rings (SSSR count). The van der Waals surface area contributed by atoms with Gasteiger partial charge in [-0.2, -0.15) is 0 Å². The summed E-state index contributed by atoms with van der Waals surface area (Å²) in [6.45, 7) is 3.90. The molecule has 0 spiro atoms. The lowest BCUT2D eigenvalue weighted by molar-refractivity contribution is -0.422. The Kier molecular flexibility index (Phi) is 7.77. The van der Waals surface area contributed by atoms with Gasteiger partial charge in [-0.1, -0.05) is 43.7 Å². The zero-order valence-electron chi connectivity index (χ0n) is 15.5. The maximum Gasteiger partial charge on any atom is 0.268 e. The molecule has 0 fully saturated rings. The van der Waals surface area contributed by atoms with Gasteiger partial charge < -0.3 is 9.26 Å². The van der Waals surface area contributed by atoms with Crippen LogP contribution in [0.25, 0.3) is 6.08 Å². The molecule has 0 bridgehead atoms. The minimum absolute atomic E-state index is 0.0570. The molecule has 1 unspecified atom stereocenters. The molecular weight excluding hydrogens is 365 g/mol. The summed E-state index contributed by atoms with van der Waals surface area (Å²) in [4.78, 5) is 10.3. The number of benzene rings is 2. The zero-order chi connectivity index (χ0) is 19.7. The van der Waals surface area contributed by atoms with Crippen molar-refractivity contribution in [2.45, 2.75) is 26.7 Å². The molecule has 0 radical (unpaired) electrons. The van der Waals surface area contributed by atoms with Gasteiger partial charge in [-0.25, -0.2) is 0 Å². The molecular formula is C20H24NO5P. The maximum absolute atomic E-state index is 13.3. The van der Waals surface area contributed by atoms with Crippen molar-refractivity contribution in [2.24, 2.45) is 0 Å². The summed E-state index contributed by atoms with van der Waals surface area (Å²) < 4.78 is 24.8. The molecule has 0 amide bonds. The smallest absolute Gasteiger partial charge is 0.268 e. The Morgan fingerprint density at radius 3 is 2.41 bits per heavy atom. The average molecular weight is 389 g/mol. The first-order valence-electron chi connectivity index (χ1n) is 8.79. The third-order valence-corrected chi connectivity index (χ3v) is 6.05. The molecule has 7 heteroatoms. The molecule has 0 aromatic heterocycles. The van der Waals surface area contributed by atoms with Crippen LogP contribution >= 0.6 is 7.37 Å². The normalized spacial score (nSPS) is 13.8. The minimum Gasteiger partial charge on any atom is -0.483 e. The van der Waals surface area contributed by atoms with E-state index in [1.54, 1.807) is 36.4 Å². The Hall–Kier alpha value is -2.43. The summed E-state index contributed by atoms with van der Waals surface area (Å²) in [5.74, 6) is 0.529. The highest BCUT2D eigenvalue weighted by Gasteiger charge is 2.27. The number of hydrogen-bond donors (Lipinski definition) is 0. The van der Waals surface area contributed by atoms with Crippen molar-refractivity contribution in [3.05, 3.63) is 76.0 Å². The largest absolute Gasteiger partial charge is 0.483 e. The SMILES string of the molecule is CCCCOP(=O)(COc1ccc(/C=C(\C)[N+](=O)[O-])cc1)c1ccccc1. The molecule has 2 aromatic rings. The number of allylic oxidation sites excluding steroid dienone is 1. The van der Waals surface area contributed by atoms with Crippen LogP contribution in [0.1, 0.15) is 32.3 Å². The Morgan fingerprint density at radius 2 is 1.81 bits per heavy atom. The lowest BCUT2D eigenvalue weighted by Crippen LogP contribution is -2.14. The summed E-state index contributed by atoms with van der Waals surface area (Å²) >= 11 is 0. The second-order valence-electron chi connectivity index (χ2n) is 6.08. The van der Waals surface area contributed by atoms with E-state index in [0.29, 0.717) is 23.2 Å². The number of ether oxygens (including phenoxy) is 1. The van der Waals surface area contributed by atoms with E-state index in [4.69, 9.17) is 9.26 Å². The second kappa shape index (κ2) is 10.0. The van der Waals surface area contributed by atoms with Gasteiger partial charge >= 0.3 is 0 Å². The van der Waals surface area contributed by atoms with Gasteiger partial charge in [0.15, 0.2) is 6.35 Å². The first-order valence-corrected chi connectivity index (χ1v) is 10.6. The van der Waals surface area contributed by atoms with Gasteiger partial charge in [0, 0.05) is 18.3 Å². The third-order valence-electron chi connectivity index (χ3n) is 3.89. The summed E-state index contributed by atoms with van der Waals surface area (Å²) in [6.07, 6.45) is 3.19. The van der Waals surface area contributed by atoms with Crippen molar-refractivity contribution in [1.82, 2.24) is 0 Å². The van der Waals surface area contributed by atoms with Gasteiger partial charge in [-0.15, -0.1) is 0 Å². The van der Waals surface area contributed by atoms with Crippen molar-refractivity contribution in [2.75, 3.05) is 13.0 Å². The summed E-state index contributed by atoms with van der Waals surface area (Å²) in [5.41, 5.74) is 0.753. The molecule has 0 saturated carbocycles. The molecule has 0 aliphatic heterocycles. The minimum atomic E-state index is -3.14. The maximum atomic E-state index is 13.3. The fourth-order valence-electron chi connectivity index (χ4n) is 2.31. The summed E-state index contributed by atoms with van der Waals surface area (Å²) in [5, 5.41) is 11.3. The lowest BCUT2D eigenvalue weighted by Gasteiger charge is -2.19. The highest BCUT2D eigenvalue weighted by atomic mass is 31.2. The lowest BCUT2D eigenvalue weighted by atomic mass is 10.2. The number of rotatable bonds is 10. The van der Waals surface area contributed by atoms with Gasteiger partial charge in [0.1, 0.15) is 5.75 Å². The van der Waals surface area contributed by atoms with Crippen molar-refractivity contribution in [3.8, 4) is 5.75 Å². The van der Waals surface area contributed by atoms with Crippen LogP contribution in [0.4, 0.5) is 0 Å². The van der Waals surface area contributed by atoms with Gasteiger partial charge in [-0.05, 0) is 36.2 Å². The van der Waals surface area contributed by atoms with Crippen LogP contribution in [-0.2, 0) is 9.09 Å². The number of nitrogens with zero attached hydrogens (tertiary/aromatic N) is 1. The van der Waals surface area contributed by atoms with Gasteiger partial charge in [-0.3, -0.25) is 14.7 Å². The van der Waals surface area contributed by atoms with Crippen molar-refractivity contribution < 1.29 is 18.7 Å². The highest BCUT2D eigenvalue weighted by molar-refractivity contribution is 7.66. The zero-order valence-corrected chi connectivity index (χ0v) is 16.4. The molecule has 0 saturated heterocycles. The van der Waals surface area contributed by atoms with Crippen molar-refractivity contribution in [1.29, 1.82) is 0 Å². The van der Waals surface area contributed by atoms with Crippen LogP contribution in [0.3, 0.4) is 0 Å². The number of nitro groups is 1. The third kappa shape index (κ3) is 6.35. The van der Waals surface area contributed by atoms with Gasteiger partial charge in [0.05, 0.1) is 11.5 Å². The Balaban J connectivity index is 2.09. The van der Waals surface area contributed by atoms with E-state index in [1.165, 1.54) is 13.0 Å². The van der Waals surface area contributed by atoms with Crippen molar-refractivity contribution >= 4 is 18.7 Å². The number of unbranched alkanes of at least 4 members (excludes halogenated alkanes) is 1. The predicted molar refractivity (Wildman–Crippen MR) is 107 cm³/mol. The van der Waals surface area contributed by atoms with E-state index in [1.807, 2.05) is 25.1 Å². The van der Waals surface area contributed by atoms with Crippen LogP contribution < -0.4 is 10.0 Å². The van der Waals surface area contributed by atoms with Crippen LogP contribution in [0, 0.1) is 10.1 Å². The number of hydrogen-bond acceptors (Lipinski definition) is 5. The molecule has 1 atom stereocenters. The fourth-order valence-corrected chi connectivity index (χ4v) is 4.05. The first kappa shape index (κ1) is 20.9. The average Bonchev–Trinajstić information content (AvgIpc) is 2.68. The molecule has 0 aliphatic carbocycles. The Bertz CT molecular complexity index is 818. The van der Waals surface area contributed by atoms with E-state index in [2.05, 4.69) is 0 Å². The fraction of sp³-hybridized carbons (Fsp3) is 0.300. The first-order chi connectivity index (χ1) is 12.9. The standard InChI is InChI=1S/C20H24NO5P/c1-3-4-14-26-27(24,20-8-6-5-7-9-20)16-25-19-12-10-18(11-13-19)15-17(2)21(22)23/h5-13,15H,3-4,14,16H2,1-2H3/b17-15+. The molecule has 6 nitrogen and oxygen atoms in total.